The van der Waals surface area contributed by atoms with Crippen molar-refractivity contribution in [1.29, 1.82) is 0 Å². The lowest BCUT2D eigenvalue weighted by Gasteiger charge is -2.13. The highest BCUT2D eigenvalue weighted by Gasteiger charge is 2.31. The molecule has 0 bridgehead atoms. The summed E-state index contributed by atoms with van der Waals surface area (Å²) in [5, 5.41) is 2.91. The minimum Gasteiger partial charge on any atom is -0.486 e. The number of ether oxygens (including phenoxy) is 2. The second-order valence-electron chi connectivity index (χ2n) is 4.03. The van der Waals surface area contributed by atoms with Crippen LogP contribution in [0.4, 0.5) is 8.78 Å². The molecule has 1 aliphatic rings. The summed E-state index contributed by atoms with van der Waals surface area (Å²) >= 11 is 0. The fourth-order valence-corrected chi connectivity index (χ4v) is 1.87. The van der Waals surface area contributed by atoms with Crippen LogP contribution in [-0.4, -0.2) is 31.8 Å². The minimum absolute atomic E-state index is 0.0197. The highest BCUT2D eigenvalue weighted by Crippen LogP contribution is 2.22. The first-order valence-electron chi connectivity index (χ1n) is 5.53. The second kappa shape index (κ2) is 5.30. The molecular weight excluding hydrogens is 244 g/mol. The number of methoxy groups -OCH3 is 1. The van der Waals surface area contributed by atoms with Gasteiger partial charge in [-0.3, -0.25) is 4.79 Å². The van der Waals surface area contributed by atoms with Crippen LogP contribution in [-0.2, 0) is 9.53 Å². The molecule has 1 aromatic carbocycles. The summed E-state index contributed by atoms with van der Waals surface area (Å²) in [6, 6.07) is 2.67. The van der Waals surface area contributed by atoms with Gasteiger partial charge >= 0.3 is 5.97 Å². The molecule has 1 aliphatic heterocycles. The van der Waals surface area contributed by atoms with E-state index in [-0.39, 0.29) is 17.8 Å². The molecule has 2 atom stereocenters. The minimum atomic E-state index is -0.753. The summed E-state index contributed by atoms with van der Waals surface area (Å²) in [5.41, 5.74) is 0. The zero-order valence-corrected chi connectivity index (χ0v) is 9.78. The molecule has 1 heterocycles. The molecule has 0 unspecified atom stereocenters. The number of nitrogens with one attached hydrogen (secondary N) is 1. The van der Waals surface area contributed by atoms with Crippen LogP contribution in [0.3, 0.4) is 0 Å². The first-order valence-corrected chi connectivity index (χ1v) is 5.53. The standard InChI is InChI=1S/C12H13F2NO3/c1-17-12(16)10-5-8(6-15-10)18-11-3-2-7(13)4-9(11)14/h2-4,8,10,15H,5-6H2,1H3/t8-,10-/m1/s1. The maximum atomic E-state index is 13.3. The van der Waals surface area contributed by atoms with E-state index in [0.29, 0.717) is 13.0 Å². The van der Waals surface area contributed by atoms with E-state index >= 15 is 0 Å². The monoisotopic (exact) mass is 257 g/mol. The van der Waals surface area contributed by atoms with Crippen LogP contribution in [0.2, 0.25) is 0 Å². The van der Waals surface area contributed by atoms with Crippen molar-refractivity contribution in [1.82, 2.24) is 5.32 Å². The fraction of sp³-hybridized carbons (Fsp3) is 0.417. The van der Waals surface area contributed by atoms with Crippen LogP contribution in [0.25, 0.3) is 0 Å². The largest absolute Gasteiger partial charge is 0.486 e. The van der Waals surface area contributed by atoms with Crippen LogP contribution in [0, 0.1) is 11.6 Å². The molecule has 0 aliphatic carbocycles. The Morgan fingerprint density at radius 3 is 2.89 bits per heavy atom. The molecule has 18 heavy (non-hydrogen) atoms. The van der Waals surface area contributed by atoms with E-state index < -0.39 is 17.7 Å². The average Bonchev–Trinajstić information content (AvgIpc) is 2.80. The van der Waals surface area contributed by atoms with E-state index in [1.54, 1.807) is 0 Å². The number of carbonyl (C=O) groups is 1. The van der Waals surface area contributed by atoms with E-state index in [0.717, 1.165) is 12.1 Å². The Bertz CT molecular complexity index is 453. The summed E-state index contributed by atoms with van der Waals surface area (Å²) in [6.45, 7) is 0.413. The Morgan fingerprint density at radius 2 is 2.22 bits per heavy atom. The average molecular weight is 257 g/mol. The third-order valence-corrected chi connectivity index (χ3v) is 2.76. The number of esters is 1. The van der Waals surface area contributed by atoms with Gasteiger partial charge in [-0.25, -0.2) is 8.78 Å². The molecule has 98 valence electrons. The van der Waals surface area contributed by atoms with E-state index in [1.807, 2.05) is 0 Å². The summed E-state index contributed by atoms with van der Waals surface area (Å²) in [5.74, 6) is -1.80. The van der Waals surface area contributed by atoms with E-state index in [4.69, 9.17) is 4.74 Å². The lowest BCUT2D eigenvalue weighted by Crippen LogP contribution is -2.31. The van der Waals surface area contributed by atoms with Gasteiger partial charge in [0.25, 0.3) is 0 Å². The van der Waals surface area contributed by atoms with E-state index in [2.05, 4.69) is 10.1 Å². The van der Waals surface area contributed by atoms with Gasteiger partial charge in [0.1, 0.15) is 18.0 Å². The van der Waals surface area contributed by atoms with Gasteiger partial charge in [0.2, 0.25) is 0 Å². The first kappa shape index (κ1) is 12.8. The van der Waals surface area contributed by atoms with Gasteiger partial charge < -0.3 is 14.8 Å². The molecule has 0 saturated carbocycles. The van der Waals surface area contributed by atoms with E-state index in [1.165, 1.54) is 13.2 Å². The van der Waals surface area contributed by atoms with E-state index in [9.17, 15) is 13.6 Å². The van der Waals surface area contributed by atoms with Crippen LogP contribution >= 0.6 is 0 Å². The molecule has 0 amide bonds. The van der Waals surface area contributed by atoms with Crippen LogP contribution < -0.4 is 10.1 Å². The Balaban J connectivity index is 1.97. The lowest BCUT2D eigenvalue weighted by molar-refractivity contribution is -0.142. The van der Waals surface area contributed by atoms with Gasteiger partial charge in [-0.2, -0.15) is 0 Å². The van der Waals surface area contributed by atoms with Crippen molar-refractivity contribution in [3.05, 3.63) is 29.8 Å². The molecule has 1 fully saturated rings. The van der Waals surface area contributed by atoms with Gasteiger partial charge in [-0.05, 0) is 12.1 Å². The molecule has 0 radical (unpaired) electrons. The molecule has 0 aromatic heterocycles. The van der Waals surface area contributed by atoms with Gasteiger partial charge in [-0.1, -0.05) is 0 Å². The Hall–Kier alpha value is -1.69. The van der Waals surface area contributed by atoms with Crippen molar-refractivity contribution in [2.75, 3.05) is 13.7 Å². The van der Waals surface area contributed by atoms with Crippen LogP contribution in [0.5, 0.6) is 5.75 Å². The van der Waals surface area contributed by atoms with Crippen LogP contribution in [0.15, 0.2) is 18.2 Å². The third-order valence-electron chi connectivity index (χ3n) is 2.76. The molecule has 0 spiro atoms. The number of halogens is 2. The number of hydrogen-bond donors (Lipinski definition) is 1. The zero-order chi connectivity index (χ0) is 13.1. The normalized spacial score (nSPS) is 22.8. The number of carbonyl (C=O) groups excluding carboxylic acids is 1. The highest BCUT2D eigenvalue weighted by molar-refractivity contribution is 5.76. The van der Waals surface area contributed by atoms with Crippen LogP contribution in [0.1, 0.15) is 6.42 Å². The Kier molecular flexibility index (Phi) is 3.76. The number of rotatable bonds is 3. The number of benzene rings is 1. The first-order chi connectivity index (χ1) is 8.60. The smallest absolute Gasteiger partial charge is 0.323 e. The van der Waals surface area contributed by atoms with Crippen molar-refractivity contribution >= 4 is 5.97 Å². The molecule has 4 nitrogen and oxygen atoms in total. The van der Waals surface area contributed by atoms with Crippen molar-refractivity contribution < 1.29 is 23.0 Å². The van der Waals surface area contributed by atoms with Crippen molar-refractivity contribution in [2.45, 2.75) is 18.6 Å². The van der Waals surface area contributed by atoms with Gasteiger partial charge in [0.15, 0.2) is 11.6 Å². The molecule has 1 N–H and O–H groups in total. The highest BCUT2D eigenvalue weighted by atomic mass is 19.1. The van der Waals surface area contributed by atoms with Gasteiger partial charge in [-0.15, -0.1) is 0 Å². The second-order valence-corrected chi connectivity index (χ2v) is 4.03. The van der Waals surface area contributed by atoms with Crippen molar-refractivity contribution in [2.24, 2.45) is 0 Å². The van der Waals surface area contributed by atoms with Crippen molar-refractivity contribution in [3.63, 3.8) is 0 Å². The molecule has 1 saturated heterocycles. The SMILES string of the molecule is COC(=O)[C@H]1C[C@@H](Oc2ccc(F)cc2F)CN1. The molecule has 2 rings (SSSR count). The Morgan fingerprint density at radius 1 is 1.44 bits per heavy atom. The predicted molar refractivity (Wildman–Crippen MR) is 59.2 cm³/mol. The third kappa shape index (κ3) is 2.76. The molecule has 6 heteroatoms. The maximum absolute atomic E-state index is 13.3. The van der Waals surface area contributed by atoms with Crippen molar-refractivity contribution in [3.8, 4) is 5.75 Å². The van der Waals surface area contributed by atoms with Gasteiger partial charge in [0.05, 0.1) is 7.11 Å². The summed E-state index contributed by atoms with van der Waals surface area (Å²) in [7, 11) is 1.30. The fourth-order valence-electron chi connectivity index (χ4n) is 1.87. The maximum Gasteiger partial charge on any atom is 0.323 e. The summed E-state index contributed by atoms with van der Waals surface area (Å²) in [6.07, 6.45) is 0.0535. The topological polar surface area (TPSA) is 47.6 Å². The Labute approximate surface area is 103 Å². The summed E-state index contributed by atoms with van der Waals surface area (Å²) in [4.78, 5) is 11.3. The summed E-state index contributed by atoms with van der Waals surface area (Å²) < 4.78 is 36.0. The molecule has 1 aromatic rings. The zero-order valence-electron chi connectivity index (χ0n) is 9.78. The predicted octanol–water partition coefficient (Wildman–Crippen LogP) is 1.25. The number of hydrogen-bond acceptors (Lipinski definition) is 4. The lowest BCUT2D eigenvalue weighted by atomic mass is 10.2. The quantitative estimate of drug-likeness (QED) is 0.828. The van der Waals surface area contributed by atoms with Gasteiger partial charge in [0, 0.05) is 19.0 Å². The molecular formula is C12H13F2NO3.